The summed E-state index contributed by atoms with van der Waals surface area (Å²) in [6, 6.07) is 0.320. The standard InChI is InChI=1S/C14H19NO3/c1-6(7(2)14(17)18)13(16)15-12-10-8-3-4-9(5-8)11(10)12/h8-12H,3-5H2,1-2H3,(H,15,16)(H,17,18). The molecule has 4 unspecified atom stereocenters. The third-order valence-electron chi connectivity index (χ3n) is 5.26. The molecule has 0 aromatic carbocycles. The first kappa shape index (κ1) is 11.8. The Hall–Kier alpha value is -1.32. The highest BCUT2D eigenvalue weighted by Gasteiger charge is 2.65. The minimum atomic E-state index is -1.02. The lowest BCUT2D eigenvalue weighted by Gasteiger charge is -2.11. The fourth-order valence-corrected chi connectivity index (χ4v) is 4.11. The first-order valence-electron chi connectivity index (χ1n) is 6.72. The van der Waals surface area contributed by atoms with Crippen LogP contribution in [0.3, 0.4) is 0 Å². The van der Waals surface area contributed by atoms with Gasteiger partial charge < -0.3 is 10.4 Å². The first-order valence-corrected chi connectivity index (χ1v) is 6.72. The number of rotatable bonds is 3. The zero-order valence-corrected chi connectivity index (χ0v) is 10.8. The highest BCUT2D eigenvalue weighted by Crippen LogP contribution is 2.65. The molecule has 0 aromatic rings. The Morgan fingerprint density at radius 3 is 2.11 bits per heavy atom. The van der Waals surface area contributed by atoms with E-state index in [1.165, 1.54) is 26.2 Å². The van der Waals surface area contributed by atoms with E-state index in [1.54, 1.807) is 6.92 Å². The Kier molecular flexibility index (Phi) is 2.50. The summed E-state index contributed by atoms with van der Waals surface area (Å²) in [5.41, 5.74) is 0.473. The van der Waals surface area contributed by atoms with Crippen LogP contribution in [-0.4, -0.2) is 23.0 Å². The molecule has 0 saturated heterocycles. The van der Waals surface area contributed by atoms with Crippen molar-refractivity contribution in [2.24, 2.45) is 23.7 Å². The maximum atomic E-state index is 12.0. The summed E-state index contributed by atoms with van der Waals surface area (Å²) < 4.78 is 0. The van der Waals surface area contributed by atoms with Crippen molar-refractivity contribution in [3.63, 3.8) is 0 Å². The van der Waals surface area contributed by atoms with Crippen molar-refractivity contribution in [1.82, 2.24) is 5.32 Å². The van der Waals surface area contributed by atoms with Crippen molar-refractivity contribution in [2.75, 3.05) is 0 Å². The summed E-state index contributed by atoms with van der Waals surface area (Å²) in [4.78, 5) is 22.8. The van der Waals surface area contributed by atoms with Gasteiger partial charge in [-0.1, -0.05) is 0 Å². The van der Waals surface area contributed by atoms with E-state index in [9.17, 15) is 9.59 Å². The Morgan fingerprint density at radius 2 is 1.61 bits per heavy atom. The molecule has 3 rings (SSSR count). The van der Waals surface area contributed by atoms with Gasteiger partial charge in [-0.05, 0) is 56.8 Å². The van der Waals surface area contributed by atoms with E-state index in [-0.39, 0.29) is 11.5 Å². The molecule has 3 aliphatic carbocycles. The fourth-order valence-electron chi connectivity index (χ4n) is 4.11. The van der Waals surface area contributed by atoms with Gasteiger partial charge >= 0.3 is 5.97 Å². The van der Waals surface area contributed by atoms with Crippen LogP contribution in [-0.2, 0) is 9.59 Å². The summed E-state index contributed by atoms with van der Waals surface area (Å²) in [7, 11) is 0. The van der Waals surface area contributed by atoms with E-state index in [0.717, 1.165) is 11.8 Å². The number of hydrogen-bond acceptors (Lipinski definition) is 2. The lowest BCUT2D eigenvalue weighted by molar-refractivity contribution is -0.133. The SMILES string of the molecule is CC(C(=O)O)=C(C)C(=O)NC1C2C3CCC(C3)C12. The second kappa shape index (κ2) is 3.84. The molecule has 4 heteroatoms. The van der Waals surface area contributed by atoms with Gasteiger partial charge in [-0.2, -0.15) is 0 Å². The van der Waals surface area contributed by atoms with Gasteiger partial charge in [0.05, 0.1) is 0 Å². The summed E-state index contributed by atoms with van der Waals surface area (Å²) in [5.74, 6) is 1.79. The molecule has 2 N–H and O–H groups in total. The molecule has 0 heterocycles. The van der Waals surface area contributed by atoms with E-state index in [0.29, 0.717) is 23.5 Å². The van der Waals surface area contributed by atoms with Gasteiger partial charge in [0.15, 0.2) is 0 Å². The van der Waals surface area contributed by atoms with Gasteiger partial charge in [0, 0.05) is 17.2 Å². The molecule has 18 heavy (non-hydrogen) atoms. The smallest absolute Gasteiger partial charge is 0.331 e. The topological polar surface area (TPSA) is 66.4 Å². The van der Waals surface area contributed by atoms with Crippen LogP contribution in [0.2, 0.25) is 0 Å². The molecule has 2 bridgehead atoms. The van der Waals surface area contributed by atoms with Gasteiger partial charge in [0.25, 0.3) is 0 Å². The van der Waals surface area contributed by atoms with E-state index in [4.69, 9.17) is 5.11 Å². The molecular formula is C14H19NO3. The zero-order chi connectivity index (χ0) is 13.0. The van der Waals surface area contributed by atoms with Crippen molar-refractivity contribution >= 4 is 11.9 Å². The summed E-state index contributed by atoms with van der Waals surface area (Å²) in [6.45, 7) is 3.07. The van der Waals surface area contributed by atoms with Crippen molar-refractivity contribution in [3.05, 3.63) is 11.1 Å². The van der Waals surface area contributed by atoms with E-state index >= 15 is 0 Å². The number of nitrogens with one attached hydrogen (secondary N) is 1. The van der Waals surface area contributed by atoms with E-state index < -0.39 is 5.97 Å². The van der Waals surface area contributed by atoms with E-state index in [1.807, 2.05) is 0 Å². The van der Waals surface area contributed by atoms with Crippen LogP contribution < -0.4 is 5.32 Å². The molecule has 98 valence electrons. The third kappa shape index (κ3) is 1.58. The quantitative estimate of drug-likeness (QED) is 0.746. The number of amides is 1. The second-order valence-corrected chi connectivity index (χ2v) is 6.04. The largest absolute Gasteiger partial charge is 0.478 e. The van der Waals surface area contributed by atoms with Gasteiger partial charge in [0.2, 0.25) is 5.91 Å². The molecule has 4 nitrogen and oxygen atoms in total. The Morgan fingerprint density at radius 1 is 1.06 bits per heavy atom. The molecule has 1 amide bonds. The van der Waals surface area contributed by atoms with Crippen LogP contribution in [0.15, 0.2) is 11.1 Å². The van der Waals surface area contributed by atoms with Crippen LogP contribution in [0.5, 0.6) is 0 Å². The van der Waals surface area contributed by atoms with Crippen LogP contribution in [0, 0.1) is 23.7 Å². The van der Waals surface area contributed by atoms with Crippen LogP contribution in [0.25, 0.3) is 0 Å². The second-order valence-electron chi connectivity index (χ2n) is 6.04. The minimum absolute atomic E-state index is 0.140. The predicted molar refractivity (Wildman–Crippen MR) is 65.8 cm³/mol. The Balaban J connectivity index is 1.64. The predicted octanol–water partition coefficient (Wildman–Crippen LogP) is 1.57. The van der Waals surface area contributed by atoms with Crippen molar-refractivity contribution < 1.29 is 14.7 Å². The number of carboxylic acids is 1. The molecule has 4 atom stereocenters. The molecule has 3 saturated carbocycles. The average molecular weight is 249 g/mol. The molecule has 3 fully saturated rings. The van der Waals surface area contributed by atoms with Gasteiger partial charge in [-0.3, -0.25) is 4.79 Å². The fraction of sp³-hybridized carbons (Fsp3) is 0.714. The first-order chi connectivity index (χ1) is 8.50. The maximum Gasteiger partial charge on any atom is 0.331 e. The molecular weight excluding hydrogens is 230 g/mol. The molecule has 0 aromatic heterocycles. The van der Waals surface area contributed by atoms with Gasteiger partial charge in [-0.15, -0.1) is 0 Å². The minimum Gasteiger partial charge on any atom is -0.478 e. The van der Waals surface area contributed by atoms with Crippen LogP contribution >= 0.6 is 0 Å². The van der Waals surface area contributed by atoms with Crippen molar-refractivity contribution in [3.8, 4) is 0 Å². The molecule has 0 radical (unpaired) electrons. The average Bonchev–Trinajstić information content (AvgIpc) is 2.75. The molecule has 0 spiro atoms. The number of carboxylic acid groups (broad SMARTS) is 1. The number of aliphatic carboxylic acids is 1. The van der Waals surface area contributed by atoms with Crippen molar-refractivity contribution in [1.29, 1.82) is 0 Å². The number of carbonyl (C=O) groups excluding carboxylic acids is 1. The van der Waals surface area contributed by atoms with E-state index in [2.05, 4.69) is 5.32 Å². The summed E-state index contributed by atoms with van der Waals surface area (Å²) >= 11 is 0. The third-order valence-corrected chi connectivity index (χ3v) is 5.26. The zero-order valence-electron chi connectivity index (χ0n) is 10.8. The van der Waals surface area contributed by atoms with Gasteiger partial charge in [-0.25, -0.2) is 4.79 Å². The molecule has 0 aliphatic heterocycles. The highest BCUT2D eigenvalue weighted by atomic mass is 16.4. The summed E-state index contributed by atoms with van der Waals surface area (Å²) in [6.07, 6.45) is 3.99. The monoisotopic (exact) mass is 249 g/mol. The lowest BCUT2D eigenvalue weighted by atomic mass is 10.0. The number of hydrogen-bond donors (Lipinski definition) is 2. The lowest BCUT2D eigenvalue weighted by Crippen LogP contribution is -2.31. The van der Waals surface area contributed by atoms with Crippen LogP contribution in [0.4, 0.5) is 0 Å². The van der Waals surface area contributed by atoms with Gasteiger partial charge in [0.1, 0.15) is 0 Å². The normalized spacial score (nSPS) is 41.1. The van der Waals surface area contributed by atoms with Crippen LogP contribution in [0.1, 0.15) is 33.1 Å². The Labute approximate surface area is 106 Å². The molecule has 3 aliphatic rings. The maximum absolute atomic E-state index is 12.0. The van der Waals surface area contributed by atoms with Crippen molar-refractivity contribution in [2.45, 2.75) is 39.2 Å². The number of carbonyl (C=O) groups is 2. The highest BCUT2D eigenvalue weighted by molar-refractivity contribution is 6.01. The number of fused-ring (bicyclic) bond motifs is 5. The summed E-state index contributed by atoms with van der Waals surface area (Å²) in [5, 5.41) is 11.9. The Bertz CT molecular complexity index is 438.